The number of aromatic amines is 1. The van der Waals surface area contributed by atoms with Crippen LogP contribution in [-0.4, -0.2) is 19.8 Å². The lowest BCUT2D eigenvalue weighted by Gasteiger charge is -1.99. The number of rotatable bonds is 2. The molecule has 2 aromatic heterocycles. The van der Waals surface area contributed by atoms with E-state index in [4.69, 9.17) is 5.73 Å². The highest BCUT2D eigenvalue weighted by Crippen LogP contribution is 2.29. The average molecular weight is 275 g/mol. The van der Waals surface area contributed by atoms with Crippen molar-refractivity contribution in [3.8, 4) is 22.6 Å². The summed E-state index contributed by atoms with van der Waals surface area (Å²) in [6.45, 7) is 0. The Morgan fingerprint density at radius 2 is 1.43 bits per heavy atom. The van der Waals surface area contributed by atoms with Crippen LogP contribution in [0.3, 0.4) is 0 Å². The van der Waals surface area contributed by atoms with Gasteiger partial charge in [0.15, 0.2) is 5.82 Å². The number of hydrogen-bond donors (Lipinski definition) is 2. The number of anilines is 1. The molecule has 0 fully saturated rings. The van der Waals surface area contributed by atoms with E-state index in [1.807, 2.05) is 65.2 Å². The molecule has 102 valence electrons. The lowest BCUT2D eigenvalue weighted by molar-refractivity contribution is 0.970. The maximum Gasteiger partial charge on any atom is 0.201 e. The summed E-state index contributed by atoms with van der Waals surface area (Å²) in [6, 6.07) is 19.9. The fourth-order valence-corrected chi connectivity index (χ4v) is 2.45. The summed E-state index contributed by atoms with van der Waals surface area (Å²) in [5, 5.41) is 11.7. The highest BCUT2D eigenvalue weighted by atomic mass is 15.4. The predicted molar refractivity (Wildman–Crippen MR) is 82.6 cm³/mol. The first kappa shape index (κ1) is 11.7. The molecule has 2 aromatic carbocycles. The van der Waals surface area contributed by atoms with Crippen LogP contribution in [0.2, 0.25) is 0 Å². The molecule has 0 amide bonds. The Kier molecular flexibility index (Phi) is 2.50. The fraction of sp³-hybridized carbons (Fsp3) is 0. The SMILES string of the molecule is Nc1c(-c2ccccc2)[nH]n2c(-c3ccccc3)nnc12. The molecule has 5 heteroatoms. The zero-order valence-corrected chi connectivity index (χ0v) is 11.2. The summed E-state index contributed by atoms with van der Waals surface area (Å²) in [5.41, 5.74) is 10.3. The molecular weight excluding hydrogens is 262 g/mol. The number of fused-ring (bicyclic) bond motifs is 1. The predicted octanol–water partition coefficient (Wildman–Crippen LogP) is 2.97. The van der Waals surface area contributed by atoms with Gasteiger partial charge in [-0.3, -0.25) is 5.10 Å². The van der Waals surface area contributed by atoms with E-state index >= 15 is 0 Å². The zero-order chi connectivity index (χ0) is 14.2. The van der Waals surface area contributed by atoms with Crippen molar-refractivity contribution in [2.24, 2.45) is 0 Å². The Morgan fingerprint density at radius 1 is 0.810 bits per heavy atom. The summed E-state index contributed by atoms with van der Waals surface area (Å²) in [4.78, 5) is 0. The van der Waals surface area contributed by atoms with Crippen LogP contribution in [0.5, 0.6) is 0 Å². The molecule has 0 spiro atoms. The Balaban J connectivity index is 1.94. The van der Waals surface area contributed by atoms with Crippen molar-refractivity contribution in [2.45, 2.75) is 0 Å². The maximum absolute atomic E-state index is 6.21. The van der Waals surface area contributed by atoms with Crippen molar-refractivity contribution in [1.82, 2.24) is 19.8 Å². The van der Waals surface area contributed by atoms with Crippen LogP contribution in [0.15, 0.2) is 60.7 Å². The van der Waals surface area contributed by atoms with E-state index in [0.29, 0.717) is 11.3 Å². The van der Waals surface area contributed by atoms with Crippen molar-refractivity contribution in [3.05, 3.63) is 60.7 Å². The van der Waals surface area contributed by atoms with Gasteiger partial charge in [-0.15, -0.1) is 10.2 Å². The van der Waals surface area contributed by atoms with Gasteiger partial charge in [-0.1, -0.05) is 60.7 Å². The number of hydrogen-bond acceptors (Lipinski definition) is 3. The van der Waals surface area contributed by atoms with Crippen LogP contribution in [-0.2, 0) is 0 Å². The molecule has 0 saturated carbocycles. The van der Waals surface area contributed by atoms with Crippen LogP contribution >= 0.6 is 0 Å². The second kappa shape index (κ2) is 4.49. The molecule has 3 N–H and O–H groups in total. The second-order valence-corrected chi connectivity index (χ2v) is 4.82. The van der Waals surface area contributed by atoms with Gasteiger partial charge in [0.05, 0.1) is 5.69 Å². The summed E-state index contributed by atoms with van der Waals surface area (Å²) >= 11 is 0. The smallest absolute Gasteiger partial charge is 0.201 e. The monoisotopic (exact) mass is 275 g/mol. The number of H-pyrrole nitrogens is 1. The number of nitrogen functional groups attached to an aromatic ring is 1. The molecule has 0 saturated heterocycles. The molecule has 0 bridgehead atoms. The van der Waals surface area contributed by atoms with Crippen molar-refractivity contribution in [1.29, 1.82) is 0 Å². The third-order valence-electron chi connectivity index (χ3n) is 3.49. The summed E-state index contributed by atoms with van der Waals surface area (Å²) in [6.07, 6.45) is 0. The molecule has 21 heavy (non-hydrogen) atoms. The topological polar surface area (TPSA) is 72.0 Å². The van der Waals surface area contributed by atoms with Crippen LogP contribution in [0.4, 0.5) is 5.69 Å². The molecule has 4 aromatic rings. The van der Waals surface area contributed by atoms with E-state index in [-0.39, 0.29) is 0 Å². The van der Waals surface area contributed by atoms with E-state index in [2.05, 4.69) is 15.3 Å². The number of nitrogens with zero attached hydrogens (tertiary/aromatic N) is 3. The molecule has 0 aliphatic rings. The van der Waals surface area contributed by atoms with Crippen LogP contribution in [0, 0.1) is 0 Å². The molecule has 2 heterocycles. The molecule has 5 nitrogen and oxygen atoms in total. The number of nitrogens with one attached hydrogen (secondary N) is 1. The van der Waals surface area contributed by atoms with Gasteiger partial charge in [-0.25, -0.2) is 4.52 Å². The molecule has 0 unspecified atom stereocenters. The van der Waals surface area contributed by atoms with Crippen molar-refractivity contribution >= 4 is 11.3 Å². The summed E-state index contributed by atoms with van der Waals surface area (Å²) < 4.78 is 1.83. The second-order valence-electron chi connectivity index (χ2n) is 4.82. The standard InChI is InChI=1S/C16H13N5/c17-13-14(11-7-3-1-4-8-11)20-21-15(18-19-16(13)21)12-9-5-2-6-10-12/h1-10,20H,17H2. The van der Waals surface area contributed by atoms with Gasteiger partial charge in [-0.05, 0) is 0 Å². The van der Waals surface area contributed by atoms with Gasteiger partial charge in [0.1, 0.15) is 5.69 Å². The Hall–Kier alpha value is -3.08. The van der Waals surface area contributed by atoms with Gasteiger partial charge in [0.2, 0.25) is 5.65 Å². The Morgan fingerprint density at radius 3 is 2.10 bits per heavy atom. The van der Waals surface area contributed by atoms with E-state index in [1.165, 1.54) is 0 Å². The normalized spacial score (nSPS) is 11.0. The first-order valence-corrected chi connectivity index (χ1v) is 6.68. The first-order valence-electron chi connectivity index (χ1n) is 6.68. The summed E-state index contributed by atoms with van der Waals surface area (Å²) in [7, 11) is 0. The van der Waals surface area contributed by atoms with Crippen LogP contribution in [0.1, 0.15) is 0 Å². The number of aromatic nitrogens is 4. The van der Waals surface area contributed by atoms with E-state index < -0.39 is 0 Å². The van der Waals surface area contributed by atoms with Gasteiger partial charge in [0.25, 0.3) is 0 Å². The highest BCUT2D eigenvalue weighted by molar-refractivity contribution is 5.84. The largest absolute Gasteiger partial charge is 0.394 e. The number of benzene rings is 2. The third-order valence-corrected chi connectivity index (χ3v) is 3.49. The Bertz CT molecular complexity index is 890. The van der Waals surface area contributed by atoms with E-state index in [1.54, 1.807) is 0 Å². The maximum atomic E-state index is 6.21. The molecule has 0 atom stereocenters. The van der Waals surface area contributed by atoms with Crippen molar-refractivity contribution in [2.75, 3.05) is 5.73 Å². The lowest BCUT2D eigenvalue weighted by Crippen LogP contribution is -1.91. The minimum Gasteiger partial charge on any atom is -0.394 e. The fourth-order valence-electron chi connectivity index (χ4n) is 2.45. The van der Waals surface area contributed by atoms with Gasteiger partial charge >= 0.3 is 0 Å². The van der Waals surface area contributed by atoms with Crippen LogP contribution < -0.4 is 5.73 Å². The van der Waals surface area contributed by atoms with Crippen LogP contribution in [0.25, 0.3) is 28.3 Å². The summed E-state index contributed by atoms with van der Waals surface area (Å²) in [5.74, 6) is 0.750. The first-order chi connectivity index (χ1) is 10.3. The molecule has 4 rings (SSSR count). The highest BCUT2D eigenvalue weighted by Gasteiger charge is 2.16. The van der Waals surface area contributed by atoms with E-state index in [9.17, 15) is 0 Å². The molecular formula is C16H13N5. The number of nitrogens with two attached hydrogens (primary N) is 1. The van der Waals surface area contributed by atoms with Gasteiger partial charge in [-0.2, -0.15) is 0 Å². The Labute approximate surface area is 121 Å². The minimum atomic E-state index is 0.607. The van der Waals surface area contributed by atoms with Gasteiger partial charge < -0.3 is 5.73 Å². The quantitative estimate of drug-likeness (QED) is 0.590. The lowest BCUT2D eigenvalue weighted by atomic mass is 10.1. The van der Waals surface area contributed by atoms with E-state index in [0.717, 1.165) is 22.6 Å². The minimum absolute atomic E-state index is 0.607. The third kappa shape index (κ3) is 1.79. The van der Waals surface area contributed by atoms with Crippen molar-refractivity contribution < 1.29 is 0 Å². The van der Waals surface area contributed by atoms with Gasteiger partial charge in [0, 0.05) is 11.1 Å². The molecule has 0 radical (unpaired) electrons. The zero-order valence-electron chi connectivity index (χ0n) is 11.2. The average Bonchev–Trinajstić information content (AvgIpc) is 3.10. The van der Waals surface area contributed by atoms with Crippen molar-refractivity contribution in [3.63, 3.8) is 0 Å². The molecule has 0 aliphatic heterocycles. The molecule has 0 aliphatic carbocycles.